The van der Waals surface area contributed by atoms with Crippen LogP contribution < -0.4 is 16.0 Å². The van der Waals surface area contributed by atoms with Crippen LogP contribution in [0.4, 0.5) is 0 Å². The summed E-state index contributed by atoms with van der Waals surface area (Å²) in [7, 11) is -3.72. The first-order valence-corrected chi connectivity index (χ1v) is 15.7. The second-order valence-electron chi connectivity index (χ2n) is 9.48. The van der Waals surface area contributed by atoms with Gasteiger partial charge < -0.3 is 5.32 Å². The molecule has 2 aliphatic carbocycles. The molecule has 0 saturated heterocycles. The van der Waals surface area contributed by atoms with Crippen molar-refractivity contribution in [3.05, 3.63) is 50.6 Å². The standard InChI is InChI=1S/C25H30N4O4S3/c26-36(32,33)18-11-9-16(10-12-18)13-14-27-21(30)15-34-25-28-23-22(19-7-3-4-8-20(19)35-23)24(31)29(25)17-5-1-2-6-17/h9-12,17H,1-8,13-15H2,(H,27,30)(H2,26,32,33). The predicted molar refractivity (Wildman–Crippen MR) is 143 cm³/mol. The number of aryl methyl sites for hydroxylation is 2. The van der Waals surface area contributed by atoms with Crippen LogP contribution in [0, 0.1) is 0 Å². The molecule has 2 aromatic heterocycles. The number of rotatable bonds is 8. The van der Waals surface area contributed by atoms with Gasteiger partial charge in [-0.1, -0.05) is 36.7 Å². The number of fused-ring (bicyclic) bond motifs is 3. The third-order valence-electron chi connectivity index (χ3n) is 7.00. The summed E-state index contributed by atoms with van der Waals surface area (Å²) in [6.45, 7) is 0.424. The van der Waals surface area contributed by atoms with Gasteiger partial charge in [0.05, 0.1) is 16.0 Å². The third kappa shape index (κ3) is 5.39. The zero-order chi connectivity index (χ0) is 25.3. The average molecular weight is 547 g/mol. The number of benzene rings is 1. The molecule has 1 amide bonds. The molecule has 2 heterocycles. The van der Waals surface area contributed by atoms with E-state index in [1.165, 1.54) is 34.3 Å². The molecule has 3 N–H and O–H groups in total. The third-order valence-corrected chi connectivity index (χ3v) is 10.1. The smallest absolute Gasteiger partial charge is 0.263 e. The van der Waals surface area contributed by atoms with E-state index in [2.05, 4.69) is 5.32 Å². The van der Waals surface area contributed by atoms with E-state index in [0.29, 0.717) is 18.1 Å². The Morgan fingerprint density at radius 3 is 2.58 bits per heavy atom. The number of thiophene rings is 1. The first-order chi connectivity index (χ1) is 17.3. The van der Waals surface area contributed by atoms with Crippen molar-refractivity contribution in [1.29, 1.82) is 0 Å². The van der Waals surface area contributed by atoms with Gasteiger partial charge in [0.1, 0.15) is 4.83 Å². The van der Waals surface area contributed by atoms with Crippen LogP contribution in [0.25, 0.3) is 10.2 Å². The number of carbonyl (C=O) groups excluding carboxylic acids is 1. The van der Waals surface area contributed by atoms with Gasteiger partial charge in [0, 0.05) is 17.5 Å². The normalized spacial score (nSPS) is 16.4. The van der Waals surface area contributed by atoms with E-state index in [4.69, 9.17) is 10.1 Å². The van der Waals surface area contributed by atoms with E-state index in [1.54, 1.807) is 23.5 Å². The highest BCUT2D eigenvalue weighted by molar-refractivity contribution is 7.99. The number of nitrogens with two attached hydrogens (primary N) is 1. The Hall–Kier alpha value is -2.21. The van der Waals surface area contributed by atoms with Gasteiger partial charge in [0.15, 0.2) is 5.16 Å². The number of thioether (sulfide) groups is 1. The van der Waals surface area contributed by atoms with Crippen LogP contribution in [0.2, 0.25) is 0 Å². The van der Waals surface area contributed by atoms with Gasteiger partial charge in [-0.3, -0.25) is 14.2 Å². The molecular weight excluding hydrogens is 517 g/mol. The Kier molecular flexibility index (Phi) is 7.52. The van der Waals surface area contributed by atoms with Gasteiger partial charge in [-0.2, -0.15) is 0 Å². The summed E-state index contributed by atoms with van der Waals surface area (Å²) in [6.07, 6.45) is 9.00. The minimum absolute atomic E-state index is 0.0658. The van der Waals surface area contributed by atoms with Gasteiger partial charge in [-0.05, 0) is 68.2 Å². The monoisotopic (exact) mass is 546 g/mol. The molecule has 1 aromatic carbocycles. The Labute approximate surface area is 218 Å². The number of nitrogens with one attached hydrogen (secondary N) is 1. The Balaban J connectivity index is 1.27. The number of aromatic nitrogens is 2. The molecule has 192 valence electrons. The molecule has 1 saturated carbocycles. The Morgan fingerprint density at radius 2 is 1.86 bits per heavy atom. The Morgan fingerprint density at radius 1 is 1.14 bits per heavy atom. The minimum atomic E-state index is -3.72. The van der Waals surface area contributed by atoms with Crippen LogP contribution >= 0.6 is 23.1 Å². The number of sulfonamides is 1. The average Bonchev–Trinajstić information content (AvgIpc) is 3.50. The first kappa shape index (κ1) is 25.4. The van der Waals surface area contributed by atoms with Crippen molar-refractivity contribution in [1.82, 2.24) is 14.9 Å². The minimum Gasteiger partial charge on any atom is -0.355 e. The van der Waals surface area contributed by atoms with Gasteiger partial charge in [-0.25, -0.2) is 18.5 Å². The number of hydrogen-bond donors (Lipinski definition) is 2. The van der Waals surface area contributed by atoms with E-state index in [0.717, 1.165) is 67.1 Å². The van der Waals surface area contributed by atoms with Crippen molar-refractivity contribution < 1.29 is 13.2 Å². The largest absolute Gasteiger partial charge is 0.355 e. The fraction of sp³-hybridized carbons (Fsp3) is 0.480. The van der Waals surface area contributed by atoms with Gasteiger partial charge in [0.2, 0.25) is 15.9 Å². The molecule has 0 bridgehead atoms. The topological polar surface area (TPSA) is 124 Å². The number of nitrogens with zero attached hydrogens (tertiary/aromatic N) is 2. The lowest BCUT2D eigenvalue weighted by atomic mass is 9.97. The number of amides is 1. The SMILES string of the molecule is NS(=O)(=O)c1ccc(CCNC(=O)CSc2nc3sc4c(c3c(=O)n2C2CCCC2)CCCC4)cc1. The highest BCUT2D eigenvalue weighted by atomic mass is 32.2. The number of primary sulfonamides is 1. The molecule has 0 unspecified atom stereocenters. The summed E-state index contributed by atoms with van der Waals surface area (Å²) in [6, 6.07) is 6.48. The molecule has 1 fully saturated rings. The molecule has 0 aliphatic heterocycles. The van der Waals surface area contributed by atoms with Gasteiger partial charge in [0.25, 0.3) is 5.56 Å². The van der Waals surface area contributed by atoms with Crippen molar-refractivity contribution >= 4 is 49.2 Å². The van der Waals surface area contributed by atoms with Crippen LogP contribution in [0.3, 0.4) is 0 Å². The Bertz CT molecular complexity index is 1440. The second kappa shape index (κ2) is 10.6. The van der Waals surface area contributed by atoms with E-state index >= 15 is 0 Å². The van der Waals surface area contributed by atoms with Crippen LogP contribution in [0.5, 0.6) is 0 Å². The summed E-state index contributed by atoms with van der Waals surface area (Å²) < 4.78 is 24.6. The lowest BCUT2D eigenvalue weighted by molar-refractivity contribution is -0.118. The summed E-state index contributed by atoms with van der Waals surface area (Å²) in [5.74, 6) is 0.0547. The molecule has 0 spiro atoms. The molecule has 3 aromatic rings. The lowest BCUT2D eigenvalue weighted by Gasteiger charge is -2.18. The fourth-order valence-electron chi connectivity index (χ4n) is 5.16. The highest BCUT2D eigenvalue weighted by Crippen LogP contribution is 2.37. The first-order valence-electron chi connectivity index (χ1n) is 12.4. The van der Waals surface area contributed by atoms with E-state index in [9.17, 15) is 18.0 Å². The summed E-state index contributed by atoms with van der Waals surface area (Å²) >= 11 is 2.98. The summed E-state index contributed by atoms with van der Waals surface area (Å²) in [5, 5.41) is 9.50. The summed E-state index contributed by atoms with van der Waals surface area (Å²) in [4.78, 5) is 33.4. The van der Waals surface area contributed by atoms with Gasteiger partial charge >= 0.3 is 0 Å². The predicted octanol–water partition coefficient (Wildman–Crippen LogP) is 3.55. The van der Waals surface area contributed by atoms with Crippen LogP contribution in [-0.2, 0) is 34.1 Å². The molecular formula is C25H30N4O4S3. The van der Waals surface area contributed by atoms with Crippen molar-refractivity contribution in [2.75, 3.05) is 12.3 Å². The molecule has 0 atom stereocenters. The number of carbonyl (C=O) groups is 1. The van der Waals surface area contributed by atoms with Crippen LogP contribution in [-0.4, -0.2) is 36.2 Å². The zero-order valence-corrected chi connectivity index (χ0v) is 22.4. The maximum Gasteiger partial charge on any atom is 0.263 e. The fourth-order valence-corrected chi connectivity index (χ4v) is 7.87. The molecule has 2 aliphatic rings. The quantitative estimate of drug-likeness (QED) is 0.329. The van der Waals surface area contributed by atoms with E-state index < -0.39 is 10.0 Å². The molecule has 36 heavy (non-hydrogen) atoms. The highest BCUT2D eigenvalue weighted by Gasteiger charge is 2.27. The van der Waals surface area contributed by atoms with Crippen molar-refractivity contribution in [2.45, 2.75) is 73.9 Å². The lowest BCUT2D eigenvalue weighted by Crippen LogP contribution is -2.29. The van der Waals surface area contributed by atoms with Crippen LogP contribution in [0.1, 0.15) is 60.6 Å². The van der Waals surface area contributed by atoms with Crippen molar-refractivity contribution in [3.63, 3.8) is 0 Å². The maximum absolute atomic E-state index is 13.7. The second-order valence-corrected chi connectivity index (χ2v) is 13.1. The van der Waals surface area contributed by atoms with E-state index in [1.807, 2.05) is 4.57 Å². The molecule has 0 radical (unpaired) electrons. The molecule has 5 rings (SSSR count). The summed E-state index contributed by atoms with van der Waals surface area (Å²) in [5.41, 5.74) is 2.17. The molecule has 8 nitrogen and oxygen atoms in total. The zero-order valence-electron chi connectivity index (χ0n) is 20.0. The van der Waals surface area contributed by atoms with E-state index in [-0.39, 0.29) is 28.2 Å². The maximum atomic E-state index is 13.7. The number of hydrogen-bond acceptors (Lipinski definition) is 7. The van der Waals surface area contributed by atoms with Crippen molar-refractivity contribution in [3.8, 4) is 0 Å². The molecule has 11 heteroatoms. The van der Waals surface area contributed by atoms with Gasteiger partial charge in [-0.15, -0.1) is 11.3 Å². The van der Waals surface area contributed by atoms with Crippen LogP contribution in [0.15, 0.2) is 39.1 Å². The van der Waals surface area contributed by atoms with Crippen molar-refractivity contribution in [2.24, 2.45) is 5.14 Å².